The van der Waals surface area contributed by atoms with Crippen molar-refractivity contribution in [2.75, 3.05) is 19.8 Å². The Hall–Kier alpha value is -0.880. The zero-order chi connectivity index (χ0) is 14.4. The van der Waals surface area contributed by atoms with Gasteiger partial charge in [0.2, 0.25) is 0 Å². The molecule has 0 amide bonds. The van der Waals surface area contributed by atoms with Gasteiger partial charge in [0.1, 0.15) is 11.5 Å². The Bertz CT molecular complexity index is 483. The number of ether oxygens (including phenoxy) is 2. The molecular weight excluding hydrogens is 300 g/mol. The first-order valence-corrected chi connectivity index (χ1v) is 7.67. The van der Waals surface area contributed by atoms with Crippen LogP contribution in [0.2, 0.25) is 0 Å². The van der Waals surface area contributed by atoms with Crippen LogP contribution in [0.1, 0.15) is 27.4 Å². The molecule has 0 unspecified atom stereocenters. The summed E-state index contributed by atoms with van der Waals surface area (Å²) in [5.74, 6) is 0.0681. The lowest BCUT2D eigenvalue weighted by Gasteiger charge is -2.09. The van der Waals surface area contributed by atoms with E-state index in [1.165, 1.54) is 11.3 Å². The van der Waals surface area contributed by atoms with Crippen LogP contribution in [-0.4, -0.2) is 30.9 Å². The molecule has 6 heteroatoms. The summed E-state index contributed by atoms with van der Waals surface area (Å²) in [5, 5.41) is 9.52. The van der Waals surface area contributed by atoms with Crippen LogP contribution in [0.5, 0.6) is 0 Å². The molecule has 110 valence electrons. The lowest BCUT2D eigenvalue weighted by Crippen LogP contribution is -2.07. The van der Waals surface area contributed by atoms with E-state index in [4.69, 9.17) is 26.2 Å². The van der Waals surface area contributed by atoms with Crippen LogP contribution in [-0.2, 0) is 16.1 Å². The molecule has 0 aromatic carbocycles. The summed E-state index contributed by atoms with van der Waals surface area (Å²) in [4.78, 5) is 13.1. The van der Waals surface area contributed by atoms with E-state index in [1.807, 2.05) is 12.1 Å². The van der Waals surface area contributed by atoms with E-state index in [2.05, 4.69) is 0 Å². The second kappa shape index (κ2) is 7.78. The Morgan fingerprint density at radius 1 is 1.50 bits per heavy atom. The molecule has 1 aliphatic rings. The third-order valence-corrected chi connectivity index (χ3v) is 4.29. The van der Waals surface area contributed by atoms with Gasteiger partial charge in [0.15, 0.2) is 0 Å². The third kappa shape index (κ3) is 4.59. The number of allylic oxidation sites excluding steroid dienone is 2. The maximum Gasteiger partial charge on any atom is 0.348 e. The van der Waals surface area contributed by atoms with E-state index in [0.717, 1.165) is 22.8 Å². The van der Waals surface area contributed by atoms with Gasteiger partial charge in [-0.15, -0.1) is 11.3 Å². The molecule has 0 saturated heterocycles. The summed E-state index contributed by atoms with van der Waals surface area (Å²) in [6.07, 6.45) is 3.91. The highest BCUT2D eigenvalue weighted by Gasteiger charge is 2.16. The average molecular weight is 317 g/mol. The van der Waals surface area contributed by atoms with Gasteiger partial charge in [-0.05, 0) is 30.9 Å². The van der Waals surface area contributed by atoms with Gasteiger partial charge in [0.25, 0.3) is 0 Å². The number of carbonyl (C=O) groups is 1. The van der Waals surface area contributed by atoms with Crippen molar-refractivity contribution in [1.82, 2.24) is 0 Å². The van der Waals surface area contributed by atoms with Gasteiger partial charge in [-0.2, -0.15) is 0 Å². The first-order valence-electron chi connectivity index (χ1n) is 6.48. The molecule has 0 bridgehead atoms. The molecule has 0 fully saturated rings. The van der Waals surface area contributed by atoms with E-state index in [1.54, 1.807) is 6.07 Å². The zero-order valence-electron chi connectivity index (χ0n) is 11.0. The summed E-state index contributed by atoms with van der Waals surface area (Å²) in [5.41, 5.74) is 0. The smallest absolute Gasteiger partial charge is 0.348 e. The standard InChI is InChI=1S/C14H17ClO4S/c15-11-2-1-10(7-11)8-18-9-12-3-4-13(20-12)14(17)19-6-5-16/h2-4,10,16H,1,5-9H2/t10-/m0/s1. The average Bonchev–Trinajstić information content (AvgIpc) is 3.05. The molecule has 0 aliphatic heterocycles. The summed E-state index contributed by atoms with van der Waals surface area (Å²) < 4.78 is 10.5. The van der Waals surface area contributed by atoms with Crippen LogP contribution >= 0.6 is 22.9 Å². The number of hydrogen-bond acceptors (Lipinski definition) is 5. The fourth-order valence-corrected chi connectivity index (χ4v) is 3.11. The third-order valence-electron chi connectivity index (χ3n) is 2.94. The van der Waals surface area contributed by atoms with Crippen LogP contribution in [0.3, 0.4) is 0 Å². The van der Waals surface area contributed by atoms with Gasteiger partial charge in [-0.1, -0.05) is 17.7 Å². The highest BCUT2D eigenvalue weighted by molar-refractivity contribution is 7.13. The van der Waals surface area contributed by atoms with E-state index < -0.39 is 5.97 Å². The molecule has 1 N–H and O–H groups in total. The Balaban J connectivity index is 1.71. The molecule has 20 heavy (non-hydrogen) atoms. The number of carbonyl (C=O) groups excluding carboxylic acids is 1. The van der Waals surface area contributed by atoms with E-state index in [9.17, 15) is 4.79 Å². The van der Waals surface area contributed by atoms with Gasteiger partial charge < -0.3 is 14.6 Å². The van der Waals surface area contributed by atoms with Crippen molar-refractivity contribution < 1.29 is 19.4 Å². The van der Waals surface area contributed by atoms with Crippen molar-refractivity contribution in [3.05, 3.63) is 33.0 Å². The van der Waals surface area contributed by atoms with Gasteiger partial charge in [0.05, 0.1) is 19.8 Å². The fourth-order valence-electron chi connectivity index (χ4n) is 1.96. The molecule has 4 nitrogen and oxygen atoms in total. The molecule has 1 aliphatic carbocycles. The van der Waals surface area contributed by atoms with Crippen LogP contribution in [0.25, 0.3) is 0 Å². The Kier molecular flexibility index (Phi) is 6.04. The highest BCUT2D eigenvalue weighted by atomic mass is 35.5. The molecule has 1 aromatic heterocycles. The first kappa shape index (κ1) is 15.5. The van der Waals surface area contributed by atoms with E-state index in [-0.39, 0.29) is 13.2 Å². The Morgan fingerprint density at radius 2 is 2.35 bits per heavy atom. The van der Waals surface area contributed by atoms with Crippen molar-refractivity contribution in [3.8, 4) is 0 Å². The number of aliphatic hydroxyl groups excluding tert-OH is 1. The number of halogens is 1. The van der Waals surface area contributed by atoms with Gasteiger partial charge >= 0.3 is 5.97 Å². The van der Waals surface area contributed by atoms with Gasteiger partial charge in [0, 0.05) is 9.91 Å². The number of esters is 1. The summed E-state index contributed by atoms with van der Waals surface area (Å²) >= 11 is 7.28. The molecule has 2 rings (SSSR count). The first-order chi connectivity index (χ1) is 9.69. The quantitative estimate of drug-likeness (QED) is 0.786. The van der Waals surface area contributed by atoms with Crippen molar-refractivity contribution in [2.24, 2.45) is 5.92 Å². The van der Waals surface area contributed by atoms with Crippen molar-refractivity contribution in [2.45, 2.75) is 19.4 Å². The molecule has 0 saturated carbocycles. The minimum atomic E-state index is -0.401. The van der Waals surface area contributed by atoms with E-state index >= 15 is 0 Å². The number of rotatable bonds is 7. The lowest BCUT2D eigenvalue weighted by atomic mass is 10.1. The maximum atomic E-state index is 11.6. The lowest BCUT2D eigenvalue weighted by molar-refractivity contribution is 0.0439. The molecule has 1 aromatic rings. The second-order valence-corrected chi connectivity index (χ2v) is 6.25. The monoisotopic (exact) mass is 316 g/mol. The second-order valence-electron chi connectivity index (χ2n) is 4.60. The Morgan fingerprint density at radius 3 is 3.05 bits per heavy atom. The predicted molar refractivity (Wildman–Crippen MR) is 78.0 cm³/mol. The number of thiophene rings is 1. The minimum Gasteiger partial charge on any atom is -0.459 e. The van der Waals surface area contributed by atoms with E-state index in [0.29, 0.717) is 24.0 Å². The molecule has 1 atom stereocenters. The normalized spacial score (nSPS) is 18.1. The largest absolute Gasteiger partial charge is 0.459 e. The molecule has 0 spiro atoms. The van der Waals surface area contributed by atoms with Crippen molar-refractivity contribution in [1.29, 1.82) is 0 Å². The summed E-state index contributed by atoms with van der Waals surface area (Å²) in [6, 6.07) is 3.58. The number of hydrogen-bond donors (Lipinski definition) is 1. The molecule has 0 radical (unpaired) electrons. The summed E-state index contributed by atoms with van der Waals surface area (Å²) in [6.45, 7) is 1.03. The van der Waals surface area contributed by atoms with Crippen LogP contribution in [0.4, 0.5) is 0 Å². The maximum absolute atomic E-state index is 11.6. The van der Waals surface area contributed by atoms with Crippen molar-refractivity contribution >= 4 is 28.9 Å². The minimum absolute atomic E-state index is 0.0258. The van der Waals surface area contributed by atoms with Crippen LogP contribution in [0.15, 0.2) is 23.2 Å². The van der Waals surface area contributed by atoms with Crippen molar-refractivity contribution in [3.63, 3.8) is 0 Å². The van der Waals surface area contributed by atoms with Gasteiger partial charge in [-0.25, -0.2) is 4.79 Å². The predicted octanol–water partition coefficient (Wildman–Crippen LogP) is 2.95. The SMILES string of the molecule is O=C(OCCO)c1ccc(COC[C@H]2CC=C(Cl)C2)s1. The fraction of sp³-hybridized carbons (Fsp3) is 0.500. The molecular formula is C14H17ClO4S. The Labute approximate surface area is 127 Å². The summed E-state index contributed by atoms with van der Waals surface area (Å²) in [7, 11) is 0. The van der Waals surface area contributed by atoms with Crippen LogP contribution in [0, 0.1) is 5.92 Å². The highest BCUT2D eigenvalue weighted by Crippen LogP contribution is 2.28. The molecule has 1 heterocycles. The number of aliphatic hydroxyl groups is 1. The van der Waals surface area contributed by atoms with Gasteiger partial charge in [-0.3, -0.25) is 0 Å². The van der Waals surface area contributed by atoms with Crippen LogP contribution < -0.4 is 0 Å². The topological polar surface area (TPSA) is 55.8 Å². The zero-order valence-corrected chi connectivity index (χ0v) is 12.6.